The lowest BCUT2D eigenvalue weighted by molar-refractivity contribution is 0.332. The summed E-state index contributed by atoms with van der Waals surface area (Å²) in [6.07, 6.45) is 2.37. The van der Waals surface area contributed by atoms with Gasteiger partial charge < -0.3 is 9.71 Å². The van der Waals surface area contributed by atoms with Crippen molar-refractivity contribution < 1.29 is 0 Å². The Morgan fingerprint density at radius 1 is 0.426 bits per heavy atom. The maximum Gasteiger partial charge on any atom is 0.333 e. The van der Waals surface area contributed by atoms with Gasteiger partial charge in [-0.25, -0.2) is 0 Å². The van der Waals surface area contributed by atoms with Crippen LogP contribution in [0.2, 0.25) is 0 Å². The van der Waals surface area contributed by atoms with E-state index < -0.39 is 0 Å². The number of nitrogens with zero attached hydrogens (tertiary/aromatic N) is 2. The minimum absolute atomic E-state index is 0.0770. The molecule has 3 aliphatic rings. The van der Waals surface area contributed by atoms with Gasteiger partial charge in [-0.3, -0.25) is 0 Å². The summed E-state index contributed by atoms with van der Waals surface area (Å²) >= 11 is 0. The van der Waals surface area contributed by atoms with Gasteiger partial charge in [-0.15, -0.1) is 0 Å². The molecule has 0 bridgehead atoms. The first-order chi connectivity index (χ1) is 29.6. The highest BCUT2D eigenvalue weighted by Crippen LogP contribution is 2.52. The van der Waals surface area contributed by atoms with Gasteiger partial charge in [-0.05, 0) is 146 Å². The first-order valence-electron chi connectivity index (χ1n) is 22.0. The molecule has 0 aromatic heterocycles. The quantitative estimate of drug-likeness (QED) is 0.160. The molecule has 296 valence electrons. The summed E-state index contributed by atoms with van der Waals surface area (Å²) in [5.41, 5.74) is 24.4. The van der Waals surface area contributed by atoms with Gasteiger partial charge in [0.2, 0.25) is 0 Å². The maximum absolute atomic E-state index is 2.66. The molecule has 0 unspecified atom stereocenters. The van der Waals surface area contributed by atoms with Gasteiger partial charge in [0.05, 0.1) is 0 Å². The van der Waals surface area contributed by atoms with Crippen molar-refractivity contribution in [3.63, 3.8) is 0 Å². The highest BCUT2D eigenvalue weighted by atomic mass is 15.2. The first kappa shape index (κ1) is 37.4. The molecular weight excluding hydrogens is 735 g/mol. The zero-order valence-electron chi connectivity index (χ0n) is 36.1. The Kier molecular flexibility index (Phi) is 8.59. The van der Waals surface area contributed by atoms with Crippen molar-refractivity contribution in [1.29, 1.82) is 0 Å². The average molecular weight is 787 g/mol. The van der Waals surface area contributed by atoms with Crippen molar-refractivity contribution in [1.82, 2.24) is 0 Å². The average Bonchev–Trinajstić information content (AvgIpc) is 3.28. The SMILES string of the molecule is Cc1cc2c3c(c1)N(c1cc4c(cc1C)C(C)(C)CCC4(C)C)c1ccc(-c4ccccc4)cc1B3N(c1cccc(-c3ccccc3)c1)c1cc(-c3ccccc3)ccc1-2. The lowest BCUT2D eigenvalue weighted by Gasteiger charge is -2.47. The van der Waals surface area contributed by atoms with Crippen LogP contribution in [-0.4, -0.2) is 6.85 Å². The normalized spacial score (nSPS) is 15.4. The minimum atomic E-state index is -0.0987. The monoisotopic (exact) mass is 786 g/mol. The molecule has 0 fully saturated rings. The van der Waals surface area contributed by atoms with Crippen molar-refractivity contribution >= 4 is 46.2 Å². The Balaban J connectivity index is 1.23. The molecule has 8 aromatic carbocycles. The van der Waals surface area contributed by atoms with Crippen LogP contribution in [0.25, 0.3) is 44.5 Å². The predicted octanol–water partition coefficient (Wildman–Crippen LogP) is 14.4. The molecule has 2 heterocycles. The second-order valence-corrected chi connectivity index (χ2v) is 19.0. The van der Waals surface area contributed by atoms with Crippen LogP contribution in [-0.2, 0) is 10.8 Å². The van der Waals surface area contributed by atoms with Gasteiger partial charge in [0.25, 0.3) is 0 Å². The van der Waals surface area contributed by atoms with Crippen LogP contribution in [0.4, 0.5) is 28.4 Å². The molecule has 3 heteroatoms. The zero-order valence-corrected chi connectivity index (χ0v) is 36.1. The van der Waals surface area contributed by atoms with E-state index in [0.29, 0.717) is 0 Å². The summed E-state index contributed by atoms with van der Waals surface area (Å²) in [4.78, 5) is 5.29. The molecule has 0 radical (unpaired) electrons. The maximum atomic E-state index is 2.66. The van der Waals surface area contributed by atoms with Gasteiger partial charge >= 0.3 is 6.85 Å². The van der Waals surface area contributed by atoms with Gasteiger partial charge in [0.15, 0.2) is 0 Å². The lowest BCUT2D eigenvalue weighted by atomic mass is 9.43. The van der Waals surface area contributed by atoms with Crippen LogP contribution in [0.5, 0.6) is 0 Å². The van der Waals surface area contributed by atoms with E-state index in [0.717, 1.165) is 0 Å². The molecule has 0 N–H and O–H groups in total. The lowest BCUT2D eigenvalue weighted by Crippen LogP contribution is -2.61. The molecule has 2 nitrogen and oxygen atoms in total. The Bertz CT molecular complexity index is 3000. The Morgan fingerprint density at radius 2 is 0.984 bits per heavy atom. The van der Waals surface area contributed by atoms with Crippen molar-refractivity contribution in [3.8, 4) is 44.5 Å². The van der Waals surface area contributed by atoms with Gasteiger partial charge in [-0.1, -0.05) is 167 Å². The first-order valence-corrected chi connectivity index (χ1v) is 22.0. The second kappa shape index (κ2) is 14.0. The van der Waals surface area contributed by atoms with Crippen LogP contribution in [0.3, 0.4) is 0 Å². The van der Waals surface area contributed by atoms with Crippen molar-refractivity contribution in [3.05, 3.63) is 198 Å². The third-order valence-corrected chi connectivity index (χ3v) is 14.0. The van der Waals surface area contributed by atoms with Crippen LogP contribution < -0.4 is 20.6 Å². The molecule has 8 aromatic rings. The molecule has 0 saturated carbocycles. The Hall–Kier alpha value is -6.58. The molecule has 61 heavy (non-hydrogen) atoms. The van der Waals surface area contributed by atoms with E-state index in [1.165, 1.54) is 119 Å². The third-order valence-electron chi connectivity index (χ3n) is 14.0. The summed E-state index contributed by atoms with van der Waals surface area (Å²) in [5, 5.41) is 0. The number of anilines is 5. The van der Waals surface area contributed by atoms with E-state index in [9.17, 15) is 0 Å². The van der Waals surface area contributed by atoms with Crippen LogP contribution >= 0.6 is 0 Å². The Labute approximate surface area is 362 Å². The van der Waals surface area contributed by atoms with Crippen LogP contribution in [0, 0.1) is 13.8 Å². The van der Waals surface area contributed by atoms with Crippen LogP contribution in [0.1, 0.15) is 62.8 Å². The minimum Gasteiger partial charge on any atom is -0.376 e. The van der Waals surface area contributed by atoms with Crippen molar-refractivity contribution in [2.24, 2.45) is 0 Å². The summed E-state index contributed by atoms with van der Waals surface area (Å²) in [6, 6.07) is 66.1. The van der Waals surface area contributed by atoms with Crippen LogP contribution in [0.15, 0.2) is 176 Å². The van der Waals surface area contributed by atoms with E-state index in [1.54, 1.807) is 0 Å². The summed E-state index contributed by atoms with van der Waals surface area (Å²) in [5.74, 6) is 0. The van der Waals surface area contributed by atoms with Gasteiger partial charge in [0, 0.05) is 34.0 Å². The number of aryl methyl sites for hydroxylation is 2. The molecule has 2 aliphatic heterocycles. The van der Waals surface area contributed by atoms with Crippen molar-refractivity contribution in [2.75, 3.05) is 9.71 Å². The fourth-order valence-electron chi connectivity index (χ4n) is 10.7. The highest BCUT2D eigenvalue weighted by molar-refractivity contribution is 6.93. The van der Waals surface area contributed by atoms with Gasteiger partial charge in [0.1, 0.15) is 0 Å². The van der Waals surface area contributed by atoms with E-state index in [4.69, 9.17) is 0 Å². The largest absolute Gasteiger partial charge is 0.376 e. The Morgan fingerprint density at radius 3 is 1.62 bits per heavy atom. The zero-order chi connectivity index (χ0) is 41.6. The predicted molar refractivity (Wildman–Crippen MR) is 261 cm³/mol. The van der Waals surface area contributed by atoms with E-state index >= 15 is 0 Å². The molecule has 0 saturated heterocycles. The number of hydrogen-bond donors (Lipinski definition) is 0. The summed E-state index contributed by atoms with van der Waals surface area (Å²) in [7, 11) is 0. The highest BCUT2D eigenvalue weighted by Gasteiger charge is 2.46. The molecule has 0 amide bonds. The smallest absolute Gasteiger partial charge is 0.333 e. The van der Waals surface area contributed by atoms with E-state index in [-0.39, 0.29) is 17.7 Å². The van der Waals surface area contributed by atoms with E-state index in [1.807, 2.05) is 0 Å². The summed E-state index contributed by atoms with van der Waals surface area (Å²) in [6.45, 7) is 14.3. The topological polar surface area (TPSA) is 6.48 Å². The third kappa shape index (κ3) is 6.08. The number of fused-ring (bicyclic) bond motifs is 5. The molecule has 11 rings (SSSR count). The number of hydrogen-bond acceptors (Lipinski definition) is 2. The molecule has 0 atom stereocenters. The van der Waals surface area contributed by atoms with Gasteiger partial charge in [-0.2, -0.15) is 0 Å². The number of rotatable bonds is 5. The summed E-state index contributed by atoms with van der Waals surface area (Å²) < 4.78 is 0. The standard InChI is InChI=1S/C58H51BN2/c1-38-31-48-47-27-25-45(42-21-14-9-15-22-42)36-54(47)61(46-24-16-23-43(34-46)40-17-10-7-11-18-40)59-51-35-44(41-19-12-8-13-20-41)26-28-52(51)60(55(32-38)56(48)59)53-37-50-49(33-39(53)2)57(3,4)29-30-58(50,5)6/h7-28,31-37H,29-30H2,1-6H3. The molecule has 0 spiro atoms. The fourth-order valence-corrected chi connectivity index (χ4v) is 10.7. The molecular formula is C58H51BN2. The molecule has 1 aliphatic carbocycles. The van der Waals surface area contributed by atoms with E-state index in [2.05, 4.69) is 227 Å². The number of benzene rings is 8. The van der Waals surface area contributed by atoms with Crippen molar-refractivity contribution in [2.45, 2.75) is 65.2 Å². The fraction of sp³-hybridized carbons (Fsp3) is 0.172. The second-order valence-electron chi connectivity index (χ2n) is 19.0.